The second-order valence-corrected chi connectivity index (χ2v) is 6.25. The van der Waals surface area contributed by atoms with E-state index in [0.29, 0.717) is 0 Å². The van der Waals surface area contributed by atoms with E-state index in [2.05, 4.69) is 33.4 Å². The minimum Gasteiger partial charge on any atom is -0.496 e. The highest BCUT2D eigenvalue weighted by Crippen LogP contribution is 2.32. The molecule has 0 amide bonds. The van der Waals surface area contributed by atoms with Crippen LogP contribution in [-0.4, -0.2) is 46.1 Å². The Balaban J connectivity index is 2.16. The molecule has 118 valence electrons. The number of hydrogen-bond acceptors (Lipinski definition) is 4. The van der Waals surface area contributed by atoms with E-state index >= 15 is 0 Å². The van der Waals surface area contributed by atoms with Gasteiger partial charge in [0.15, 0.2) is 0 Å². The van der Waals surface area contributed by atoms with Gasteiger partial charge in [-0.05, 0) is 47.1 Å². The van der Waals surface area contributed by atoms with Gasteiger partial charge in [-0.2, -0.15) is 0 Å². The van der Waals surface area contributed by atoms with Crippen LogP contribution in [0, 0.1) is 0 Å². The van der Waals surface area contributed by atoms with Gasteiger partial charge >= 0.3 is 0 Å². The first kappa shape index (κ1) is 16.7. The largest absolute Gasteiger partial charge is 0.496 e. The summed E-state index contributed by atoms with van der Waals surface area (Å²) in [5.41, 5.74) is 1.10. The third-order valence-corrected chi connectivity index (χ3v) is 5.00. The second-order valence-electron chi connectivity index (χ2n) is 5.40. The first-order chi connectivity index (χ1) is 10.1. The predicted octanol–water partition coefficient (Wildman–Crippen LogP) is 2.78. The highest BCUT2D eigenvalue weighted by Gasteiger charge is 2.39. The molecule has 1 aliphatic heterocycles. The molecule has 1 aromatic carbocycles. The molecule has 1 aromatic rings. The SMILES string of the molecule is CNC(Cc1ccc(OC)c(Br)c1)C1(OC)CCOCC1. The summed E-state index contributed by atoms with van der Waals surface area (Å²) < 4.78 is 17.7. The zero-order chi connectivity index (χ0) is 15.3. The number of likely N-dealkylation sites (N-methyl/N-ethyl adjacent to an activating group) is 1. The van der Waals surface area contributed by atoms with Crippen LogP contribution in [0.5, 0.6) is 5.75 Å². The van der Waals surface area contributed by atoms with E-state index in [4.69, 9.17) is 14.2 Å². The van der Waals surface area contributed by atoms with Crippen LogP contribution in [0.4, 0.5) is 0 Å². The number of nitrogens with one attached hydrogen (secondary N) is 1. The summed E-state index contributed by atoms with van der Waals surface area (Å²) in [5, 5.41) is 3.43. The van der Waals surface area contributed by atoms with Crippen molar-refractivity contribution in [2.45, 2.75) is 30.9 Å². The van der Waals surface area contributed by atoms with Gasteiger partial charge in [0, 0.05) is 39.2 Å². The Bertz CT molecular complexity index is 461. The summed E-state index contributed by atoms with van der Waals surface area (Å²) in [7, 11) is 5.48. The Labute approximate surface area is 135 Å². The lowest BCUT2D eigenvalue weighted by molar-refractivity contribution is -0.109. The molecule has 0 saturated carbocycles. The molecular weight excluding hydrogens is 334 g/mol. The van der Waals surface area contributed by atoms with Crippen molar-refractivity contribution in [2.75, 3.05) is 34.5 Å². The van der Waals surface area contributed by atoms with E-state index in [1.165, 1.54) is 5.56 Å². The predicted molar refractivity (Wildman–Crippen MR) is 87.0 cm³/mol. The zero-order valence-corrected chi connectivity index (χ0v) is 14.5. The summed E-state index contributed by atoms with van der Waals surface area (Å²) in [5.74, 6) is 0.854. The summed E-state index contributed by atoms with van der Waals surface area (Å²) >= 11 is 3.55. The van der Waals surface area contributed by atoms with Crippen molar-refractivity contribution >= 4 is 15.9 Å². The topological polar surface area (TPSA) is 39.7 Å². The highest BCUT2D eigenvalue weighted by molar-refractivity contribution is 9.10. The maximum Gasteiger partial charge on any atom is 0.133 e. The van der Waals surface area contributed by atoms with Crippen molar-refractivity contribution in [1.82, 2.24) is 5.32 Å². The summed E-state index contributed by atoms with van der Waals surface area (Å²) in [6, 6.07) is 6.48. The van der Waals surface area contributed by atoms with Crippen molar-refractivity contribution in [3.8, 4) is 5.75 Å². The minimum atomic E-state index is -0.153. The number of ether oxygens (including phenoxy) is 3. The molecule has 21 heavy (non-hydrogen) atoms. The molecule has 0 aromatic heterocycles. The fraction of sp³-hybridized carbons (Fsp3) is 0.625. The molecule has 0 aliphatic carbocycles. The third-order valence-electron chi connectivity index (χ3n) is 4.39. The van der Waals surface area contributed by atoms with Gasteiger partial charge in [-0.15, -0.1) is 0 Å². The molecule has 1 heterocycles. The first-order valence-corrected chi connectivity index (χ1v) is 8.07. The van der Waals surface area contributed by atoms with Crippen molar-refractivity contribution in [2.24, 2.45) is 0 Å². The minimum absolute atomic E-state index is 0.153. The highest BCUT2D eigenvalue weighted by atomic mass is 79.9. The average Bonchev–Trinajstić information content (AvgIpc) is 2.53. The molecule has 1 saturated heterocycles. The van der Waals surface area contributed by atoms with Crippen LogP contribution in [0.25, 0.3) is 0 Å². The van der Waals surface area contributed by atoms with Gasteiger partial charge in [0.25, 0.3) is 0 Å². The molecule has 1 fully saturated rings. The molecule has 5 heteroatoms. The number of hydrogen-bond donors (Lipinski definition) is 1. The van der Waals surface area contributed by atoms with Crippen LogP contribution in [0.15, 0.2) is 22.7 Å². The molecule has 4 nitrogen and oxygen atoms in total. The summed E-state index contributed by atoms with van der Waals surface area (Å²) in [6.45, 7) is 1.52. The van der Waals surface area contributed by atoms with E-state index in [0.717, 1.165) is 42.7 Å². The van der Waals surface area contributed by atoms with Crippen molar-refractivity contribution < 1.29 is 14.2 Å². The maximum absolute atomic E-state index is 5.90. The van der Waals surface area contributed by atoms with E-state index in [-0.39, 0.29) is 11.6 Å². The number of methoxy groups -OCH3 is 2. The van der Waals surface area contributed by atoms with Gasteiger partial charge in [0.05, 0.1) is 17.2 Å². The van der Waals surface area contributed by atoms with Crippen molar-refractivity contribution in [3.63, 3.8) is 0 Å². The molecular formula is C16H24BrNO3. The lowest BCUT2D eigenvalue weighted by Crippen LogP contribution is -2.55. The van der Waals surface area contributed by atoms with Gasteiger partial charge in [-0.1, -0.05) is 6.07 Å². The number of benzene rings is 1. The number of halogens is 1. The average molecular weight is 358 g/mol. The van der Waals surface area contributed by atoms with Gasteiger partial charge < -0.3 is 19.5 Å². The lowest BCUT2D eigenvalue weighted by Gasteiger charge is -2.42. The van der Waals surface area contributed by atoms with Gasteiger partial charge in [0.2, 0.25) is 0 Å². The quantitative estimate of drug-likeness (QED) is 0.849. The Morgan fingerprint density at radius 2 is 2.05 bits per heavy atom. The Hall–Kier alpha value is -0.620. The smallest absolute Gasteiger partial charge is 0.133 e. The Morgan fingerprint density at radius 1 is 1.33 bits per heavy atom. The molecule has 1 unspecified atom stereocenters. The first-order valence-electron chi connectivity index (χ1n) is 7.28. The van der Waals surface area contributed by atoms with Crippen molar-refractivity contribution in [3.05, 3.63) is 28.2 Å². The van der Waals surface area contributed by atoms with E-state index < -0.39 is 0 Å². The standard InChI is InChI=1S/C16H24BrNO3/c1-18-15(16(20-3)6-8-21-9-7-16)11-12-4-5-14(19-2)13(17)10-12/h4-5,10,15,18H,6-9,11H2,1-3H3. The molecule has 2 rings (SSSR count). The molecule has 0 radical (unpaired) electrons. The van der Waals surface area contributed by atoms with Crippen LogP contribution >= 0.6 is 15.9 Å². The van der Waals surface area contributed by atoms with E-state index in [1.807, 2.05) is 13.1 Å². The molecule has 1 aliphatic rings. The van der Waals surface area contributed by atoms with Crippen LogP contribution < -0.4 is 10.1 Å². The molecule has 0 bridgehead atoms. The van der Waals surface area contributed by atoms with Crippen LogP contribution in [-0.2, 0) is 15.9 Å². The Kier molecular flexibility index (Phi) is 6.05. The molecule has 1 atom stereocenters. The lowest BCUT2D eigenvalue weighted by atomic mass is 9.82. The Morgan fingerprint density at radius 3 is 2.57 bits per heavy atom. The monoisotopic (exact) mass is 357 g/mol. The van der Waals surface area contributed by atoms with Crippen LogP contribution in [0.2, 0.25) is 0 Å². The van der Waals surface area contributed by atoms with E-state index in [1.54, 1.807) is 14.2 Å². The fourth-order valence-corrected chi connectivity index (χ4v) is 3.62. The third kappa shape index (κ3) is 3.77. The second kappa shape index (κ2) is 7.58. The fourth-order valence-electron chi connectivity index (χ4n) is 3.04. The normalized spacial score (nSPS) is 19.2. The van der Waals surface area contributed by atoms with Gasteiger partial charge in [-0.25, -0.2) is 0 Å². The zero-order valence-electron chi connectivity index (χ0n) is 12.9. The molecule has 0 spiro atoms. The van der Waals surface area contributed by atoms with Gasteiger partial charge in [0.1, 0.15) is 5.75 Å². The van der Waals surface area contributed by atoms with Crippen molar-refractivity contribution in [1.29, 1.82) is 0 Å². The van der Waals surface area contributed by atoms with E-state index in [9.17, 15) is 0 Å². The number of rotatable bonds is 6. The summed E-state index contributed by atoms with van der Waals surface area (Å²) in [4.78, 5) is 0. The van der Waals surface area contributed by atoms with Crippen LogP contribution in [0.3, 0.4) is 0 Å². The maximum atomic E-state index is 5.90. The van der Waals surface area contributed by atoms with Gasteiger partial charge in [-0.3, -0.25) is 0 Å². The van der Waals surface area contributed by atoms with Crippen LogP contribution in [0.1, 0.15) is 18.4 Å². The summed E-state index contributed by atoms with van der Waals surface area (Å²) in [6.07, 6.45) is 2.76. The molecule has 1 N–H and O–H groups in total.